The molecule has 4 heteroatoms. The summed E-state index contributed by atoms with van der Waals surface area (Å²) < 4.78 is 0. The zero-order chi connectivity index (χ0) is 12.6. The quantitative estimate of drug-likeness (QED) is 0.535. The van der Waals surface area contributed by atoms with E-state index in [1.54, 1.807) is 32.1 Å². The Morgan fingerprint density at radius 3 is 2.19 bits per heavy atom. The van der Waals surface area contributed by atoms with Crippen LogP contribution in [0.4, 0.5) is 0 Å². The van der Waals surface area contributed by atoms with Gasteiger partial charge in [-0.3, -0.25) is 4.79 Å². The van der Waals surface area contributed by atoms with Crippen molar-refractivity contribution in [3.63, 3.8) is 0 Å². The molecule has 0 aromatic carbocycles. The van der Waals surface area contributed by atoms with Crippen LogP contribution in [0.2, 0.25) is 0 Å². The second kappa shape index (κ2) is 6.82. The van der Waals surface area contributed by atoms with Crippen molar-refractivity contribution in [1.82, 2.24) is 5.32 Å². The van der Waals surface area contributed by atoms with Crippen molar-refractivity contribution in [2.24, 2.45) is 0 Å². The van der Waals surface area contributed by atoms with Crippen molar-refractivity contribution in [2.75, 3.05) is 0 Å². The van der Waals surface area contributed by atoms with E-state index in [0.29, 0.717) is 12.8 Å². The zero-order valence-corrected chi connectivity index (χ0v) is 9.99. The average molecular weight is 225 g/mol. The maximum Gasteiger partial charge on any atom is 0.329 e. The van der Waals surface area contributed by atoms with Crippen LogP contribution in [0.5, 0.6) is 0 Å². The molecular formula is C12H19NO3. The number of aliphatic carboxylic acids is 1. The molecule has 1 amide bonds. The van der Waals surface area contributed by atoms with Crippen LogP contribution in [0, 0.1) is 0 Å². The Balaban J connectivity index is 4.64. The molecule has 0 unspecified atom stereocenters. The van der Waals surface area contributed by atoms with Crippen LogP contribution in [0.25, 0.3) is 0 Å². The molecule has 0 rings (SSSR count). The number of nitrogens with one attached hydrogen (secondary N) is 1. The van der Waals surface area contributed by atoms with Gasteiger partial charge >= 0.3 is 5.97 Å². The smallest absolute Gasteiger partial charge is 0.329 e. The molecule has 0 aromatic heterocycles. The van der Waals surface area contributed by atoms with E-state index < -0.39 is 11.5 Å². The second-order valence-electron chi connectivity index (χ2n) is 3.47. The Kier molecular flexibility index (Phi) is 6.15. The summed E-state index contributed by atoms with van der Waals surface area (Å²) in [6.45, 7) is 5.32. The molecule has 0 bridgehead atoms. The highest BCUT2D eigenvalue weighted by Crippen LogP contribution is 2.15. The maximum atomic E-state index is 11.5. The molecule has 0 radical (unpaired) electrons. The first-order valence-electron chi connectivity index (χ1n) is 5.37. The van der Waals surface area contributed by atoms with Crippen LogP contribution in [0.3, 0.4) is 0 Å². The van der Waals surface area contributed by atoms with Crippen LogP contribution in [0.15, 0.2) is 24.3 Å². The fraction of sp³-hybridized carbons (Fsp3) is 0.500. The van der Waals surface area contributed by atoms with E-state index in [4.69, 9.17) is 5.11 Å². The number of carbonyl (C=O) groups is 2. The van der Waals surface area contributed by atoms with Gasteiger partial charge in [-0.05, 0) is 19.8 Å². The Bertz CT molecular complexity index is 301. The maximum absolute atomic E-state index is 11.5. The Hall–Kier alpha value is -1.58. The number of rotatable bonds is 6. The lowest BCUT2D eigenvalue weighted by molar-refractivity contribution is -0.147. The number of carboxylic acid groups (broad SMARTS) is 1. The minimum atomic E-state index is -1.16. The molecule has 0 aliphatic rings. The van der Waals surface area contributed by atoms with Gasteiger partial charge in [-0.15, -0.1) is 0 Å². The van der Waals surface area contributed by atoms with Gasteiger partial charge in [0.05, 0.1) is 0 Å². The van der Waals surface area contributed by atoms with E-state index in [2.05, 4.69) is 5.32 Å². The van der Waals surface area contributed by atoms with Gasteiger partial charge in [0.25, 0.3) is 0 Å². The first-order chi connectivity index (χ1) is 7.52. The first-order valence-corrected chi connectivity index (χ1v) is 5.37. The summed E-state index contributed by atoms with van der Waals surface area (Å²) in [5.41, 5.74) is -1.16. The average Bonchev–Trinajstić information content (AvgIpc) is 2.26. The Labute approximate surface area is 96.0 Å². The summed E-state index contributed by atoms with van der Waals surface area (Å²) in [4.78, 5) is 22.6. The Morgan fingerprint density at radius 1 is 1.25 bits per heavy atom. The van der Waals surface area contributed by atoms with Gasteiger partial charge in [0, 0.05) is 6.08 Å². The SMILES string of the molecule is CC=CC=CC(=O)NC(CC)(CC)C(=O)O. The van der Waals surface area contributed by atoms with E-state index in [1.807, 2.05) is 6.92 Å². The monoisotopic (exact) mass is 225 g/mol. The van der Waals surface area contributed by atoms with Crippen molar-refractivity contribution < 1.29 is 14.7 Å². The molecule has 0 fully saturated rings. The number of carbonyl (C=O) groups excluding carboxylic acids is 1. The largest absolute Gasteiger partial charge is 0.480 e. The third kappa shape index (κ3) is 3.88. The van der Waals surface area contributed by atoms with Gasteiger partial charge in [-0.2, -0.15) is 0 Å². The standard InChI is InChI=1S/C12H19NO3/c1-4-7-8-9-10(14)13-12(5-2,6-3)11(15)16/h4,7-9H,5-6H2,1-3H3,(H,13,14)(H,15,16). The van der Waals surface area contributed by atoms with Crippen molar-refractivity contribution in [3.05, 3.63) is 24.3 Å². The van der Waals surface area contributed by atoms with Gasteiger partial charge in [-0.1, -0.05) is 32.1 Å². The normalized spacial score (nSPS) is 12.2. The van der Waals surface area contributed by atoms with E-state index in [1.165, 1.54) is 6.08 Å². The van der Waals surface area contributed by atoms with Gasteiger partial charge in [0.2, 0.25) is 5.91 Å². The third-order valence-electron chi connectivity index (χ3n) is 2.53. The van der Waals surface area contributed by atoms with E-state index in [9.17, 15) is 9.59 Å². The molecule has 0 atom stereocenters. The van der Waals surface area contributed by atoms with Crippen molar-refractivity contribution in [2.45, 2.75) is 39.2 Å². The lowest BCUT2D eigenvalue weighted by atomic mass is 9.93. The number of allylic oxidation sites excluding steroid dienone is 3. The van der Waals surface area contributed by atoms with E-state index in [-0.39, 0.29) is 5.91 Å². The number of amides is 1. The minimum absolute atomic E-state index is 0.363. The molecule has 0 aliphatic heterocycles. The molecule has 90 valence electrons. The molecule has 2 N–H and O–H groups in total. The van der Waals surface area contributed by atoms with E-state index in [0.717, 1.165) is 0 Å². The summed E-state index contributed by atoms with van der Waals surface area (Å²) in [5, 5.41) is 11.6. The molecule has 0 spiro atoms. The summed E-state index contributed by atoms with van der Waals surface area (Å²) in [6.07, 6.45) is 7.12. The minimum Gasteiger partial charge on any atom is -0.480 e. The second-order valence-corrected chi connectivity index (χ2v) is 3.47. The van der Waals surface area contributed by atoms with Crippen molar-refractivity contribution >= 4 is 11.9 Å². The van der Waals surface area contributed by atoms with Crippen molar-refractivity contribution in [1.29, 1.82) is 0 Å². The predicted octanol–water partition coefficient (Wildman–Crippen LogP) is 1.88. The summed E-state index contributed by atoms with van der Waals surface area (Å²) in [6, 6.07) is 0. The van der Waals surface area contributed by atoms with Gasteiger partial charge in [0.1, 0.15) is 5.54 Å². The summed E-state index contributed by atoms with van der Waals surface area (Å²) in [5.74, 6) is -1.38. The molecule has 0 heterocycles. The molecule has 16 heavy (non-hydrogen) atoms. The topological polar surface area (TPSA) is 66.4 Å². The molecule has 0 aliphatic carbocycles. The summed E-state index contributed by atoms with van der Waals surface area (Å²) in [7, 11) is 0. The lowest BCUT2D eigenvalue weighted by Crippen LogP contribution is -2.53. The fourth-order valence-corrected chi connectivity index (χ4v) is 1.31. The first kappa shape index (κ1) is 14.4. The van der Waals surface area contributed by atoms with E-state index >= 15 is 0 Å². The third-order valence-corrected chi connectivity index (χ3v) is 2.53. The van der Waals surface area contributed by atoms with Gasteiger partial charge < -0.3 is 10.4 Å². The van der Waals surface area contributed by atoms with Crippen LogP contribution < -0.4 is 5.32 Å². The lowest BCUT2D eigenvalue weighted by Gasteiger charge is -2.27. The Morgan fingerprint density at radius 2 is 1.81 bits per heavy atom. The van der Waals surface area contributed by atoms with Crippen molar-refractivity contribution in [3.8, 4) is 0 Å². The molecule has 0 saturated heterocycles. The van der Waals surface area contributed by atoms with Crippen LogP contribution in [0.1, 0.15) is 33.6 Å². The molecule has 4 nitrogen and oxygen atoms in total. The number of hydrogen-bond acceptors (Lipinski definition) is 2. The highest BCUT2D eigenvalue weighted by Gasteiger charge is 2.35. The number of hydrogen-bond donors (Lipinski definition) is 2. The zero-order valence-electron chi connectivity index (χ0n) is 9.99. The van der Waals surface area contributed by atoms with Gasteiger partial charge in [0.15, 0.2) is 0 Å². The highest BCUT2D eigenvalue weighted by molar-refractivity contribution is 5.93. The van der Waals surface area contributed by atoms with Crippen LogP contribution in [-0.2, 0) is 9.59 Å². The predicted molar refractivity (Wildman–Crippen MR) is 63.0 cm³/mol. The highest BCUT2D eigenvalue weighted by atomic mass is 16.4. The van der Waals surface area contributed by atoms with Crippen LogP contribution >= 0.6 is 0 Å². The molecule has 0 aromatic rings. The van der Waals surface area contributed by atoms with Crippen LogP contribution in [-0.4, -0.2) is 22.5 Å². The van der Waals surface area contributed by atoms with Gasteiger partial charge in [-0.25, -0.2) is 4.79 Å². The fourth-order valence-electron chi connectivity index (χ4n) is 1.31. The summed E-state index contributed by atoms with van der Waals surface area (Å²) >= 11 is 0. The molecule has 0 saturated carbocycles. The number of carboxylic acids is 1. The molecular weight excluding hydrogens is 206 g/mol.